The number of aliphatic hydroxyl groups excluding tert-OH is 4. The van der Waals surface area contributed by atoms with E-state index in [1.807, 2.05) is 0 Å². The van der Waals surface area contributed by atoms with Crippen molar-refractivity contribution in [1.29, 1.82) is 0 Å². The van der Waals surface area contributed by atoms with Gasteiger partial charge in [-0.15, -0.1) is 0 Å². The predicted molar refractivity (Wildman–Crippen MR) is 172 cm³/mol. The Morgan fingerprint density at radius 3 is 2.17 bits per heavy atom. The van der Waals surface area contributed by atoms with Crippen molar-refractivity contribution >= 4 is 23.9 Å². The number of cyclic esters (lactones) is 1. The van der Waals surface area contributed by atoms with Gasteiger partial charge in [0.05, 0.1) is 65.4 Å². The summed E-state index contributed by atoms with van der Waals surface area (Å²) < 4.78 is 16.7. The van der Waals surface area contributed by atoms with E-state index in [1.165, 1.54) is 13.0 Å². The first-order valence-corrected chi connectivity index (χ1v) is 17.9. The normalized spacial score (nSPS) is 49.9. The van der Waals surface area contributed by atoms with Gasteiger partial charge in [-0.05, 0) is 56.4 Å². The molecule has 4 saturated carbocycles. The van der Waals surface area contributed by atoms with Gasteiger partial charge in [-0.2, -0.15) is 0 Å². The molecule has 0 radical (unpaired) electrons. The molecule has 0 bridgehead atoms. The minimum absolute atomic E-state index is 0.0138. The van der Waals surface area contributed by atoms with Crippen LogP contribution in [0, 0.1) is 28.6 Å². The Balaban J connectivity index is 1.54. The van der Waals surface area contributed by atoms with Crippen LogP contribution in [0.5, 0.6) is 0 Å². The van der Waals surface area contributed by atoms with Crippen molar-refractivity contribution in [1.82, 2.24) is 0 Å². The van der Waals surface area contributed by atoms with E-state index in [-0.39, 0.29) is 25.9 Å². The Hall–Kier alpha value is -2.78. The lowest BCUT2D eigenvalue weighted by molar-refractivity contribution is -0.386. The van der Waals surface area contributed by atoms with Crippen LogP contribution >= 0.6 is 0 Å². The lowest BCUT2D eigenvalue weighted by Gasteiger charge is -2.74. The molecule has 2 aliphatic heterocycles. The second kappa shape index (κ2) is 13.2. The fourth-order valence-electron chi connectivity index (χ4n) is 12.2. The fourth-order valence-corrected chi connectivity index (χ4v) is 12.2. The third kappa shape index (κ3) is 5.83. The van der Waals surface area contributed by atoms with Crippen molar-refractivity contribution < 1.29 is 89.6 Å². The first-order chi connectivity index (χ1) is 24.5. The quantitative estimate of drug-likeness (QED) is 0.0849. The molecule has 2 heterocycles. The minimum Gasteiger partial charge on any atom is -0.481 e. The van der Waals surface area contributed by atoms with Crippen molar-refractivity contribution in [2.24, 2.45) is 28.6 Å². The summed E-state index contributed by atoms with van der Waals surface area (Å²) in [5, 5.41) is 126. The van der Waals surface area contributed by atoms with Crippen LogP contribution in [0.2, 0.25) is 0 Å². The Bertz CT molecular complexity index is 1550. The molecule has 53 heavy (non-hydrogen) atoms. The molecule has 18 heteroatoms. The van der Waals surface area contributed by atoms with Gasteiger partial charge in [0.25, 0.3) is 0 Å². The first kappa shape index (κ1) is 39.9. The van der Waals surface area contributed by atoms with E-state index in [0.717, 1.165) is 0 Å². The second-order valence-corrected chi connectivity index (χ2v) is 16.7. The molecular weight excluding hydrogens is 708 g/mol. The monoisotopic (exact) mass is 758 g/mol. The number of fused-ring (bicyclic) bond motifs is 5. The van der Waals surface area contributed by atoms with Crippen LogP contribution in [0.1, 0.15) is 78.1 Å². The topological polar surface area (TPSA) is 318 Å². The van der Waals surface area contributed by atoms with Gasteiger partial charge in [-0.25, -0.2) is 4.79 Å². The Labute approximate surface area is 303 Å². The average molecular weight is 759 g/mol. The molecule has 6 rings (SSSR count). The highest BCUT2D eigenvalue weighted by atomic mass is 16.7. The number of hydrogen-bond acceptors (Lipinski definition) is 15. The van der Waals surface area contributed by atoms with Gasteiger partial charge in [0.15, 0.2) is 6.29 Å². The zero-order valence-corrected chi connectivity index (χ0v) is 29.4. The molecule has 1 saturated heterocycles. The fraction of sp³-hybridized carbons (Fsp3) is 0.829. The average Bonchev–Trinajstić information content (AvgIpc) is 3.56. The summed E-state index contributed by atoms with van der Waals surface area (Å²) in [6.07, 6.45) is -16.2. The number of carboxylic acid groups (broad SMARTS) is 3. The third-order valence-corrected chi connectivity index (χ3v) is 13.9. The van der Waals surface area contributed by atoms with Gasteiger partial charge >= 0.3 is 23.9 Å². The summed E-state index contributed by atoms with van der Waals surface area (Å²) in [4.78, 5) is 49.7. The zero-order valence-electron chi connectivity index (χ0n) is 29.4. The molecule has 0 spiro atoms. The van der Waals surface area contributed by atoms with Crippen molar-refractivity contribution in [2.75, 3.05) is 6.61 Å². The predicted octanol–water partition coefficient (Wildman–Crippen LogP) is -1.98. The number of aliphatic hydroxyl groups is 8. The van der Waals surface area contributed by atoms with Crippen LogP contribution in [0.15, 0.2) is 11.6 Å². The van der Waals surface area contributed by atoms with Gasteiger partial charge < -0.3 is 70.4 Å². The molecule has 1 unspecified atom stereocenters. The number of esters is 1. The van der Waals surface area contributed by atoms with Crippen LogP contribution < -0.4 is 0 Å². The zero-order chi connectivity index (χ0) is 39.3. The number of carbonyl (C=O) groups excluding carboxylic acids is 1. The Morgan fingerprint density at radius 1 is 0.925 bits per heavy atom. The van der Waals surface area contributed by atoms with Crippen molar-refractivity contribution in [2.45, 2.75) is 143 Å². The molecule has 0 amide bonds. The van der Waals surface area contributed by atoms with Crippen molar-refractivity contribution in [3.63, 3.8) is 0 Å². The molecule has 18 nitrogen and oxygen atoms in total. The van der Waals surface area contributed by atoms with Gasteiger partial charge in [0.2, 0.25) is 0 Å². The Morgan fingerprint density at radius 2 is 1.58 bits per heavy atom. The highest BCUT2D eigenvalue weighted by Crippen LogP contribution is 2.76. The summed E-state index contributed by atoms with van der Waals surface area (Å²) in [7, 11) is 0. The lowest BCUT2D eigenvalue weighted by Crippen LogP contribution is -2.83. The van der Waals surface area contributed by atoms with Crippen molar-refractivity contribution in [3.8, 4) is 0 Å². The smallest absolute Gasteiger partial charge is 0.331 e. The van der Waals surface area contributed by atoms with Gasteiger partial charge in [-0.1, -0.05) is 6.92 Å². The molecule has 0 aromatic rings. The Kier molecular flexibility index (Phi) is 9.91. The molecule has 16 atom stereocenters. The maximum atomic E-state index is 13.0. The maximum absolute atomic E-state index is 13.0. The van der Waals surface area contributed by atoms with E-state index in [1.54, 1.807) is 6.92 Å². The molecule has 298 valence electrons. The van der Waals surface area contributed by atoms with E-state index in [2.05, 4.69) is 0 Å². The summed E-state index contributed by atoms with van der Waals surface area (Å²) in [6, 6.07) is 0. The van der Waals surface area contributed by atoms with Crippen LogP contribution in [0.25, 0.3) is 0 Å². The SMILES string of the molecule is C[C@@H]1O[C@@H](O[C@H]2C[C@](O)(CC(=O)O)[C@]3(C(O)CC(=O)O)[C@@H]4[C@@H](CC[C@]3(O)C2)[C@@]2(O)CC[C@H](C3=CC(=O)OC3)[C@@]2(C)C[C@]4(O)CC(=O)O)[C@H](O)[C@H](O)[C@H]1O. The summed E-state index contributed by atoms with van der Waals surface area (Å²) in [6.45, 7) is 2.91. The minimum atomic E-state index is -2.90. The molecule has 5 fully saturated rings. The highest BCUT2D eigenvalue weighted by molar-refractivity contribution is 5.85. The summed E-state index contributed by atoms with van der Waals surface area (Å²) in [5.41, 5.74) is -13.4. The van der Waals surface area contributed by atoms with Crippen LogP contribution in [0.4, 0.5) is 0 Å². The molecule has 0 aromatic heterocycles. The number of hydrogen-bond donors (Lipinski definition) is 11. The molecule has 0 aromatic carbocycles. The van der Waals surface area contributed by atoms with Crippen LogP contribution in [0.3, 0.4) is 0 Å². The van der Waals surface area contributed by atoms with E-state index in [0.29, 0.717) is 5.57 Å². The van der Waals surface area contributed by atoms with Gasteiger partial charge in [0.1, 0.15) is 24.9 Å². The number of ether oxygens (including phenoxy) is 3. The lowest BCUT2D eigenvalue weighted by atomic mass is 9.33. The largest absolute Gasteiger partial charge is 0.481 e. The summed E-state index contributed by atoms with van der Waals surface area (Å²) >= 11 is 0. The molecule has 6 aliphatic rings. The number of carboxylic acids is 3. The van der Waals surface area contributed by atoms with Gasteiger partial charge in [0, 0.05) is 30.3 Å². The van der Waals surface area contributed by atoms with E-state index in [9.17, 15) is 75.3 Å². The van der Waals surface area contributed by atoms with Gasteiger partial charge in [-0.3, -0.25) is 14.4 Å². The second-order valence-electron chi connectivity index (χ2n) is 16.7. The molecule has 4 aliphatic carbocycles. The van der Waals surface area contributed by atoms with Crippen LogP contribution in [-0.2, 0) is 33.4 Å². The standard InChI is InChI=1S/C35H50O18/c1-15-25(44)26(45)27(46)29(52-15)53-17-9-32(48)5-3-19-28(35(32,20(36)8-21(37)38)33(49,10-17)12-23(41)42)31(47,11-22(39)40)14-30(2)18(4-6-34(19,30)50)16-7-24(43)51-13-16/h7,15,17-20,25-29,36,44-50H,3-6,8-14H2,1-2H3,(H,37,38)(H,39,40)(H,41,42)/t15-,17+,18+,19+,20?,25-,26+,27+,28+,29-,30+,31+,32-,33-,34-,35+/m0/s1. The summed E-state index contributed by atoms with van der Waals surface area (Å²) in [5.74, 6) is -9.20. The van der Waals surface area contributed by atoms with E-state index < -0.39 is 163 Å². The third-order valence-electron chi connectivity index (χ3n) is 13.9. The molecular formula is C35H50O18. The van der Waals surface area contributed by atoms with E-state index in [4.69, 9.17) is 14.2 Å². The van der Waals surface area contributed by atoms with E-state index >= 15 is 0 Å². The van der Waals surface area contributed by atoms with Crippen molar-refractivity contribution in [3.05, 3.63) is 11.6 Å². The number of carbonyl (C=O) groups is 4. The number of rotatable bonds is 10. The maximum Gasteiger partial charge on any atom is 0.331 e. The van der Waals surface area contributed by atoms with Crippen LogP contribution in [-0.4, -0.2) is 152 Å². The number of aliphatic carboxylic acids is 3. The molecule has 11 N–H and O–H groups in total. The first-order valence-electron chi connectivity index (χ1n) is 17.9. The highest BCUT2D eigenvalue weighted by Gasteiger charge is 2.83.